The Balaban J connectivity index is 1.83. The Morgan fingerprint density at radius 1 is 1.04 bits per heavy atom. The number of nitrogens with one attached hydrogen (secondary N) is 2. The first-order valence-electron chi connectivity index (χ1n) is 17.4. The van der Waals surface area contributed by atoms with Gasteiger partial charge < -0.3 is 39.8 Å². The molecule has 3 rings (SSSR count). The van der Waals surface area contributed by atoms with E-state index in [9.17, 15) is 37.5 Å². The van der Waals surface area contributed by atoms with Gasteiger partial charge in [-0.1, -0.05) is 51.7 Å². The van der Waals surface area contributed by atoms with Crippen molar-refractivity contribution in [3.63, 3.8) is 0 Å². The highest BCUT2D eigenvalue weighted by molar-refractivity contribution is 5.97. The summed E-state index contributed by atoms with van der Waals surface area (Å²) in [6, 6.07) is 4.43. The number of hydrogen-bond acceptors (Lipinski definition) is 10. The molecule has 1 aliphatic heterocycles. The summed E-state index contributed by atoms with van der Waals surface area (Å²) in [6.45, 7) is 3.40. The van der Waals surface area contributed by atoms with Crippen molar-refractivity contribution < 1.29 is 61.5 Å². The second-order valence-electron chi connectivity index (χ2n) is 12.7. The average Bonchev–Trinajstić information content (AvgIpc) is 3.46. The maximum Gasteiger partial charge on any atom is 0.422 e. The number of fused-ring (bicyclic) bond motifs is 1. The molecule has 5 atom stereocenters. The van der Waals surface area contributed by atoms with Crippen LogP contribution in [0.4, 0.5) is 13.2 Å². The van der Waals surface area contributed by atoms with Crippen molar-refractivity contribution in [2.24, 2.45) is 0 Å². The van der Waals surface area contributed by atoms with Gasteiger partial charge in [-0.25, -0.2) is 9.59 Å². The molecule has 0 saturated carbocycles. The van der Waals surface area contributed by atoms with Crippen LogP contribution in [-0.2, 0) is 33.3 Å². The molecule has 0 radical (unpaired) electrons. The summed E-state index contributed by atoms with van der Waals surface area (Å²) in [5.74, 6) is -4.26. The van der Waals surface area contributed by atoms with Gasteiger partial charge in [0.2, 0.25) is 11.8 Å². The highest BCUT2D eigenvalue weighted by Crippen LogP contribution is 2.43. The van der Waals surface area contributed by atoms with Crippen molar-refractivity contribution in [1.82, 2.24) is 10.6 Å². The number of halogens is 3. The number of carbonyl (C=O) groups is 4. The highest BCUT2D eigenvalue weighted by Gasteiger charge is 2.52. The van der Waals surface area contributed by atoms with E-state index in [0.717, 1.165) is 44.6 Å². The monoisotopic (exact) mass is 726 g/mol. The minimum atomic E-state index is -4.65. The molecule has 51 heavy (non-hydrogen) atoms. The fraction of sp³-hybridized carbons (Fsp3) is 0.611. The molecule has 1 aromatic rings. The molecule has 1 saturated heterocycles. The number of carbonyl (C=O) groups excluding carboxylic acids is 4. The van der Waals surface area contributed by atoms with Crippen LogP contribution in [0.1, 0.15) is 94.5 Å². The average molecular weight is 727 g/mol. The first-order valence-corrected chi connectivity index (χ1v) is 17.4. The number of ether oxygens (including phenoxy) is 4. The van der Waals surface area contributed by atoms with Crippen molar-refractivity contribution in [2.75, 3.05) is 19.8 Å². The Hall–Kier alpha value is -3.79. The number of unbranched alkanes of at least 4 members (excludes halogenated alkanes) is 4. The molecule has 1 aliphatic carbocycles. The molecule has 15 heteroatoms. The number of amides is 2. The van der Waals surface area contributed by atoms with E-state index in [2.05, 4.69) is 29.2 Å². The van der Waals surface area contributed by atoms with Crippen LogP contribution in [-0.4, -0.2) is 96.1 Å². The molecule has 0 unspecified atom stereocenters. The fourth-order valence-electron chi connectivity index (χ4n) is 5.83. The number of hydrogen-bond donors (Lipinski definition) is 4. The van der Waals surface area contributed by atoms with Crippen LogP contribution in [0, 0.1) is 0 Å². The Bertz CT molecular complexity index is 1370. The summed E-state index contributed by atoms with van der Waals surface area (Å²) in [7, 11) is 0. The van der Waals surface area contributed by atoms with Gasteiger partial charge in [0.05, 0.1) is 18.3 Å². The molecular weight excluding hydrogens is 677 g/mol. The van der Waals surface area contributed by atoms with Crippen molar-refractivity contribution in [2.45, 2.75) is 121 Å². The molecule has 12 nitrogen and oxygen atoms in total. The first kappa shape index (κ1) is 41.6. The van der Waals surface area contributed by atoms with Gasteiger partial charge in [-0.15, -0.1) is 0 Å². The molecule has 1 aromatic carbocycles. The molecule has 1 fully saturated rings. The lowest BCUT2D eigenvalue weighted by molar-refractivity contribution is -0.190. The quantitative estimate of drug-likeness (QED) is 0.0918. The lowest BCUT2D eigenvalue weighted by atomic mass is 9.91. The molecule has 0 aromatic heterocycles. The second-order valence-corrected chi connectivity index (χ2v) is 12.7. The van der Waals surface area contributed by atoms with Crippen molar-refractivity contribution in [3.05, 3.63) is 53.1 Å². The van der Waals surface area contributed by atoms with E-state index in [-0.39, 0.29) is 30.7 Å². The number of esters is 2. The topological polar surface area (TPSA) is 170 Å². The Morgan fingerprint density at radius 2 is 1.69 bits per heavy atom. The molecule has 284 valence electrons. The summed E-state index contributed by atoms with van der Waals surface area (Å²) in [6.07, 6.45) is 1.92. The van der Waals surface area contributed by atoms with Crippen LogP contribution in [0.3, 0.4) is 0 Å². The summed E-state index contributed by atoms with van der Waals surface area (Å²) in [5, 5.41) is 24.3. The summed E-state index contributed by atoms with van der Waals surface area (Å²) >= 11 is 0. The van der Waals surface area contributed by atoms with Gasteiger partial charge in [0, 0.05) is 37.5 Å². The van der Waals surface area contributed by atoms with Crippen LogP contribution >= 0.6 is 0 Å². The third-order valence-electron chi connectivity index (χ3n) is 8.45. The molecule has 2 amide bonds. The van der Waals surface area contributed by atoms with E-state index in [1.807, 2.05) is 0 Å². The number of benzene rings is 1. The fourth-order valence-corrected chi connectivity index (χ4v) is 5.83. The Morgan fingerprint density at radius 3 is 2.25 bits per heavy atom. The molecule has 0 bridgehead atoms. The van der Waals surface area contributed by atoms with Crippen LogP contribution in [0.2, 0.25) is 0 Å². The maximum atomic E-state index is 13.5. The second kappa shape index (κ2) is 19.7. The lowest BCUT2D eigenvalue weighted by Crippen LogP contribution is -2.54. The number of alkyl halides is 3. The van der Waals surface area contributed by atoms with E-state index in [1.165, 1.54) is 37.3 Å². The summed E-state index contributed by atoms with van der Waals surface area (Å²) in [5.41, 5.74) is 0.686. The Kier molecular flexibility index (Phi) is 16.1. The van der Waals surface area contributed by atoms with E-state index in [4.69, 9.17) is 19.3 Å². The van der Waals surface area contributed by atoms with E-state index in [0.29, 0.717) is 18.4 Å². The standard InChI is InChI=1S/C36H49F3N2O10/c1-4-6-8-16-35(17-9-7-5-2)50-28-21-26(32(45)41-30(23(3)43)33(46)40-18-19-42)20-27(31(28)51-35)49-34(47)25-13-10-24(11-14-25)12-15-29(44)48-22-36(37,38)39/h10-15,21,23,27-28,30-31,42-43H,4-9,16-20,22H2,1-3H3,(H,40,46)(H,41,45)/t23-,27+,28+,30+,31-/m0/s1. The van der Waals surface area contributed by atoms with E-state index in [1.54, 1.807) is 6.08 Å². The third kappa shape index (κ3) is 13.0. The third-order valence-corrected chi connectivity index (χ3v) is 8.45. The normalized spacial score (nSPS) is 20.9. The smallest absolute Gasteiger partial charge is 0.422 e. The van der Waals surface area contributed by atoms with Crippen LogP contribution in [0.15, 0.2) is 42.0 Å². The lowest BCUT2D eigenvalue weighted by Gasteiger charge is -2.31. The summed E-state index contributed by atoms with van der Waals surface area (Å²) in [4.78, 5) is 51.2. The van der Waals surface area contributed by atoms with Gasteiger partial charge >= 0.3 is 18.1 Å². The molecule has 0 spiro atoms. The molecular formula is C36H49F3N2O10. The number of aliphatic hydroxyl groups excluding tert-OH is 2. The zero-order chi connectivity index (χ0) is 37.6. The van der Waals surface area contributed by atoms with E-state index < -0.39 is 72.8 Å². The predicted molar refractivity (Wildman–Crippen MR) is 179 cm³/mol. The number of aliphatic hydroxyl groups is 2. The highest BCUT2D eigenvalue weighted by atomic mass is 19.4. The van der Waals surface area contributed by atoms with Crippen LogP contribution in [0.25, 0.3) is 6.08 Å². The zero-order valence-electron chi connectivity index (χ0n) is 29.2. The molecule has 1 heterocycles. The number of rotatable bonds is 19. The predicted octanol–water partition coefficient (Wildman–Crippen LogP) is 4.28. The minimum absolute atomic E-state index is 0.0719. The first-order chi connectivity index (χ1) is 24.2. The van der Waals surface area contributed by atoms with Gasteiger partial charge in [0.25, 0.3) is 0 Å². The van der Waals surface area contributed by atoms with Gasteiger partial charge in [0.15, 0.2) is 12.4 Å². The van der Waals surface area contributed by atoms with E-state index >= 15 is 0 Å². The largest absolute Gasteiger partial charge is 0.456 e. The van der Waals surface area contributed by atoms with Gasteiger partial charge in [-0.05, 0) is 49.6 Å². The van der Waals surface area contributed by atoms with Crippen molar-refractivity contribution in [1.29, 1.82) is 0 Å². The maximum absolute atomic E-state index is 13.5. The SMILES string of the molecule is CCCCCC1(CCCCC)O[C@@H]2[C@@H](C=C(C(=O)N[C@@H](C(=O)NCCO)[C@H](C)O)C[C@H]2OC(=O)c2ccc(C=CC(=O)OCC(F)(F)F)cc2)O1. The minimum Gasteiger partial charge on any atom is -0.456 e. The van der Waals surface area contributed by atoms with Gasteiger partial charge in [0.1, 0.15) is 24.4 Å². The zero-order valence-corrected chi connectivity index (χ0v) is 29.2. The molecule has 4 N–H and O–H groups in total. The van der Waals surface area contributed by atoms with Crippen molar-refractivity contribution in [3.8, 4) is 0 Å². The van der Waals surface area contributed by atoms with Crippen LogP contribution in [0.5, 0.6) is 0 Å². The Labute approximate surface area is 295 Å². The van der Waals surface area contributed by atoms with Crippen LogP contribution < -0.4 is 10.6 Å². The van der Waals surface area contributed by atoms with Gasteiger partial charge in [-0.2, -0.15) is 13.2 Å². The van der Waals surface area contributed by atoms with Crippen molar-refractivity contribution >= 4 is 29.8 Å². The molecule has 2 aliphatic rings. The summed E-state index contributed by atoms with van der Waals surface area (Å²) < 4.78 is 60.2. The van der Waals surface area contributed by atoms with Gasteiger partial charge in [-0.3, -0.25) is 9.59 Å².